The number of carbonyl (C=O) groups is 6. The topological polar surface area (TPSA) is 177 Å². The van der Waals surface area contributed by atoms with E-state index in [0.717, 1.165) is 12.8 Å². The number of urea groups is 1. The van der Waals surface area contributed by atoms with Crippen LogP contribution in [0.25, 0.3) is 0 Å². The van der Waals surface area contributed by atoms with Gasteiger partial charge in [0.1, 0.15) is 18.1 Å². The van der Waals surface area contributed by atoms with Crippen LogP contribution in [0, 0.1) is 34.0 Å². The van der Waals surface area contributed by atoms with Crippen LogP contribution in [0.5, 0.6) is 0 Å². The van der Waals surface area contributed by atoms with Gasteiger partial charge in [-0.15, -0.1) is 0 Å². The number of ether oxygens (including phenoxy) is 1. The Morgan fingerprint density at radius 3 is 1.93 bits per heavy atom. The van der Waals surface area contributed by atoms with Crippen molar-refractivity contribution >= 4 is 35.5 Å². The maximum Gasteiger partial charge on any atom is 0.389 e. The number of hydrogen-bond acceptors (Lipinski definition) is 7. The van der Waals surface area contributed by atoms with Crippen LogP contribution in [0.3, 0.4) is 0 Å². The Morgan fingerprint density at radius 1 is 0.913 bits per heavy atom. The van der Waals surface area contributed by atoms with Crippen molar-refractivity contribution in [3.05, 3.63) is 0 Å². The number of hydrogen-bond donors (Lipinski definition) is 4. The molecule has 0 aromatic rings. The molecule has 0 radical (unpaired) electrons. The molecule has 5 amide bonds. The lowest BCUT2D eigenvalue weighted by Gasteiger charge is -2.38. The molecule has 6 atom stereocenters. The van der Waals surface area contributed by atoms with Crippen LogP contribution in [0.15, 0.2) is 0 Å². The van der Waals surface area contributed by atoms with Crippen LogP contribution in [0.1, 0.15) is 81.1 Å². The Labute approximate surface area is 267 Å². The fraction of sp³-hybridized carbons (Fsp3) is 0.806. The van der Waals surface area contributed by atoms with E-state index in [9.17, 15) is 41.9 Å². The Kier molecular flexibility index (Phi) is 10.5. The fourth-order valence-corrected chi connectivity index (χ4v) is 6.13. The number of piperidine rings is 1. The number of nitrogens with one attached hydrogen (secondary N) is 3. The van der Waals surface area contributed by atoms with E-state index < -0.39 is 94.9 Å². The van der Waals surface area contributed by atoms with Gasteiger partial charge in [0.15, 0.2) is 0 Å². The smallest absolute Gasteiger partial charge is 0.389 e. The van der Waals surface area contributed by atoms with Crippen molar-refractivity contribution in [2.45, 2.75) is 111 Å². The van der Waals surface area contributed by atoms with Crippen LogP contribution in [-0.4, -0.2) is 83.9 Å². The Hall–Kier alpha value is -3.39. The van der Waals surface area contributed by atoms with Crippen LogP contribution in [-0.2, 0) is 28.7 Å². The number of ketones is 1. The summed E-state index contributed by atoms with van der Waals surface area (Å²) in [6.07, 6.45) is -5.07. The Morgan fingerprint density at radius 2 is 1.46 bits per heavy atom. The molecule has 0 spiro atoms. The number of esters is 1. The fourth-order valence-electron chi connectivity index (χ4n) is 6.13. The first-order valence-electron chi connectivity index (χ1n) is 15.6. The van der Waals surface area contributed by atoms with Gasteiger partial charge in [-0.1, -0.05) is 55.4 Å². The number of nitrogens with zero attached hydrogens (tertiary/aromatic N) is 1. The maximum atomic E-state index is 14.1. The van der Waals surface area contributed by atoms with Gasteiger partial charge in [0.05, 0.1) is 12.6 Å². The lowest BCUT2D eigenvalue weighted by Crippen LogP contribution is -2.62. The molecule has 1 saturated heterocycles. The molecule has 0 aromatic heterocycles. The number of amides is 5. The second-order valence-corrected chi connectivity index (χ2v) is 15.6. The highest BCUT2D eigenvalue weighted by Crippen LogP contribution is 2.65. The zero-order valence-corrected chi connectivity index (χ0v) is 27.8. The molecule has 1 heterocycles. The van der Waals surface area contributed by atoms with Crippen molar-refractivity contribution in [1.82, 2.24) is 20.9 Å². The Bertz CT molecular complexity index is 1240. The SMILES string of the molecule is CC(C)(C)[C@H](NC(=O)N[C@H](C(=O)N1C[C@H]2[C@@H]([C@H]1C(=O)NC(CCC(F)(F)F)C(=O)C(N)=O)C2(C)C)C(C)(C)C)C(=O)OCC1CC1. The second kappa shape index (κ2) is 13.0. The van der Waals surface area contributed by atoms with Crippen molar-refractivity contribution in [3.8, 4) is 0 Å². The van der Waals surface area contributed by atoms with Gasteiger partial charge in [-0.25, -0.2) is 9.59 Å². The number of Topliss-reactive ketones (excluding diaryl/α,β-unsaturated/α-hetero) is 1. The summed E-state index contributed by atoms with van der Waals surface area (Å²) < 4.78 is 44.3. The molecule has 3 aliphatic rings. The third kappa shape index (κ3) is 8.90. The summed E-state index contributed by atoms with van der Waals surface area (Å²) in [6, 6.07) is -6.05. The molecule has 0 bridgehead atoms. The zero-order chi connectivity index (χ0) is 35.2. The van der Waals surface area contributed by atoms with E-state index in [0.29, 0.717) is 5.92 Å². The summed E-state index contributed by atoms with van der Waals surface area (Å²) in [5, 5.41) is 7.57. The summed E-state index contributed by atoms with van der Waals surface area (Å²) in [7, 11) is 0. The van der Waals surface area contributed by atoms with Gasteiger partial charge >= 0.3 is 18.2 Å². The summed E-state index contributed by atoms with van der Waals surface area (Å²) in [4.78, 5) is 79.2. The third-order valence-corrected chi connectivity index (χ3v) is 9.28. The lowest BCUT2D eigenvalue weighted by atomic mass is 9.85. The zero-order valence-electron chi connectivity index (χ0n) is 27.8. The molecule has 1 unspecified atom stereocenters. The number of rotatable bonds is 12. The minimum Gasteiger partial charge on any atom is -0.464 e. The van der Waals surface area contributed by atoms with E-state index in [2.05, 4.69) is 16.0 Å². The van der Waals surface area contributed by atoms with Gasteiger partial charge < -0.3 is 31.3 Å². The Balaban J connectivity index is 1.82. The molecule has 3 rings (SSSR count). The first-order valence-corrected chi connectivity index (χ1v) is 15.6. The predicted octanol–water partition coefficient (Wildman–Crippen LogP) is 2.43. The highest BCUT2D eigenvalue weighted by molar-refractivity contribution is 6.37. The van der Waals surface area contributed by atoms with Crippen molar-refractivity contribution in [3.63, 3.8) is 0 Å². The van der Waals surface area contributed by atoms with Gasteiger partial charge in [0, 0.05) is 13.0 Å². The van der Waals surface area contributed by atoms with Gasteiger partial charge in [-0.3, -0.25) is 19.2 Å². The monoisotopic (exact) mass is 659 g/mol. The maximum absolute atomic E-state index is 14.1. The molecule has 12 nitrogen and oxygen atoms in total. The van der Waals surface area contributed by atoms with Crippen LogP contribution < -0.4 is 21.7 Å². The molecular weight excluding hydrogens is 611 g/mol. The van der Waals surface area contributed by atoms with Crippen LogP contribution >= 0.6 is 0 Å². The average Bonchev–Trinajstić information content (AvgIpc) is 3.76. The van der Waals surface area contributed by atoms with E-state index in [1.165, 1.54) is 4.90 Å². The number of nitrogens with two attached hydrogens (primary N) is 1. The highest BCUT2D eigenvalue weighted by Gasteiger charge is 2.70. The largest absolute Gasteiger partial charge is 0.464 e. The van der Waals surface area contributed by atoms with Crippen molar-refractivity contribution in [2.24, 2.45) is 39.7 Å². The summed E-state index contributed by atoms with van der Waals surface area (Å²) in [6.45, 7) is 14.6. The van der Waals surface area contributed by atoms with E-state index in [-0.39, 0.29) is 25.0 Å². The normalized spacial score (nSPS) is 24.2. The third-order valence-electron chi connectivity index (χ3n) is 9.28. The van der Waals surface area contributed by atoms with Crippen molar-refractivity contribution in [2.75, 3.05) is 13.2 Å². The molecule has 46 heavy (non-hydrogen) atoms. The number of primary amides is 1. The number of alkyl halides is 3. The summed E-state index contributed by atoms with van der Waals surface area (Å²) in [5.74, 6) is -5.19. The van der Waals surface area contributed by atoms with E-state index >= 15 is 0 Å². The molecule has 1 aliphatic heterocycles. The van der Waals surface area contributed by atoms with Crippen LogP contribution in [0.4, 0.5) is 18.0 Å². The number of halogens is 3. The molecule has 5 N–H and O–H groups in total. The minimum absolute atomic E-state index is 0.125. The number of carbonyl (C=O) groups excluding carboxylic acids is 6. The van der Waals surface area contributed by atoms with E-state index in [1.807, 2.05) is 13.8 Å². The molecule has 2 aliphatic carbocycles. The standard InChI is InChI=1S/C31H48F3N5O7/c1-28(2,3)21(37-27(45)38-22(29(4,5)6)26(44)46-14-15-9-10-15)25(43)39-13-16-18(30(16,7)8)19(39)24(42)36-17(20(40)23(35)41)11-12-31(32,33)34/h15-19,21-22H,9-14H2,1-8H3,(H2,35,41)(H,36,42)(H2,37,38,45)/t16-,17?,18-,19-,21+,22+/m0/s1. The quantitative estimate of drug-likeness (QED) is 0.184. The van der Waals surface area contributed by atoms with Gasteiger partial charge in [-0.05, 0) is 53.3 Å². The number of fused-ring (bicyclic) bond motifs is 1. The molecule has 260 valence electrons. The number of likely N-dealkylation sites (tertiary alicyclic amines) is 1. The molecule has 3 fully saturated rings. The van der Waals surface area contributed by atoms with E-state index in [1.54, 1.807) is 41.5 Å². The minimum atomic E-state index is -4.66. The first-order chi connectivity index (χ1) is 20.9. The predicted molar refractivity (Wildman–Crippen MR) is 160 cm³/mol. The molecule has 15 heteroatoms. The first kappa shape index (κ1) is 37.1. The average molecular weight is 660 g/mol. The van der Waals surface area contributed by atoms with Gasteiger partial charge in [-0.2, -0.15) is 13.2 Å². The lowest BCUT2D eigenvalue weighted by molar-refractivity contribution is -0.149. The molecule has 0 aromatic carbocycles. The second-order valence-electron chi connectivity index (χ2n) is 15.6. The summed E-state index contributed by atoms with van der Waals surface area (Å²) >= 11 is 0. The highest BCUT2D eigenvalue weighted by atomic mass is 19.4. The van der Waals surface area contributed by atoms with Gasteiger partial charge in [0.25, 0.3) is 5.91 Å². The summed E-state index contributed by atoms with van der Waals surface area (Å²) in [5.41, 5.74) is 3.04. The molecule has 2 saturated carbocycles. The van der Waals surface area contributed by atoms with Crippen molar-refractivity contribution in [1.29, 1.82) is 0 Å². The van der Waals surface area contributed by atoms with Crippen LogP contribution in [0.2, 0.25) is 0 Å². The van der Waals surface area contributed by atoms with Gasteiger partial charge in [0.2, 0.25) is 17.6 Å². The molecular formula is C31H48F3N5O7. The van der Waals surface area contributed by atoms with Crippen molar-refractivity contribution < 1.29 is 46.7 Å². The van der Waals surface area contributed by atoms with E-state index in [4.69, 9.17) is 10.5 Å².